The standard InChI is InChI=1S/C13H23NO2/c15-13(12-9-6-10-16-12)14-11-7-4-2-1-3-5-8-11/h11-12H,1-10H2,(H,14,15). The minimum Gasteiger partial charge on any atom is -0.368 e. The molecule has 3 heteroatoms. The molecule has 0 aromatic rings. The maximum Gasteiger partial charge on any atom is 0.249 e. The van der Waals surface area contributed by atoms with Crippen molar-refractivity contribution in [2.24, 2.45) is 0 Å². The third-order valence-corrected chi connectivity index (χ3v) is 3.67. The molecule has 1 saturated carbocycles. The van der Waals surface area contributed by atoms with Gasteiger partial charge >= 0.3 is 0 Å². The molecule has 1 unspecified atom stereocenters. The number of ether oxygens (including phenoxy) is 1. The highest BCUT2D eigenvalue weighted by Crippen LogP contribution is 2.18. The van der Waals surface area contributed by atoms with Crippen LogP contribution in [0.25, 0.3) is 0 Å². The van der Waals surface area contributed by atoms with E-state index in [-0.39, 0.29) is 12.0 Å². The van der Waals surface area contributed by atoms with E-state index in [1.54, 1.807) is 0 Å². The van der Waals surface area contributed by atoms with Crippen LogP contribution in [-0.2, 0) is 9.53 Å². The highest BCUT2D eigenvalue weighted by atomic mass is 16.5. The molecule has 1 heterocycles. The summed E-state index contributed by atoms with van der Waals surface area (Å²) in [5, 5.41) is 3.16. The van der Waals surface area contributed by atoms with Crippen LogP contribution in [0, 0.1) is 0 Å². The number of carbonyl (C=O) groups excluding carboxylic acids is 1. The van der Waals surface area contributed by atoms with E-state index < -0.39 is 0 Å². The van der Waals surface area contributed by atoms with Crippen molar-refractivity contribution in [3.63, 3.8) is 0 Å². The molecule has 3 nitrogen and oxygen atoms in total. The van der Waals surface area contributed by atoms with Crippen molar-refractivity contribution in [1.82, 2.24) is 5.32 Å². The fraction of sp³-hybridized carbons (Fsp3) is 0.923. The van der Waals surface area contributed by atoms with Crippen molar-refractivity contribution < 1.29 is 9.53 Å². The zero-order valence-electron chi connectivity index (χ0n) is 10.0. The Morgan fingerprint density at radius 3 is 2.25 bits per heavy atom. The summed E-state index contributed by atoms with van der Waals surface area (Å²) in [5.41, 5.74) is 0. The van der Waals surface area contributed by atoms with E-state index in [0.717, 1.165) is 32.3 Å². The summed E-state index contributed by atoms with van der Waals surface area (Å²) in [6.45, 7) is 0.753. The van der Waals surface area contributed by atoms with E-state index in [1.807, 2.05) is 0 Å². The SMILES string of the molecule is O=C(NC1CCCCCCC1)C1CCCO1. The summed E-state index contributed by atoms with van der Waals surface area (Å²) in [5.74, 6) is 0.128. The maximum absolute atomic E-state index is 11.9. The highest BCUT2D eigenvalue weighted by Gasteiger charge is 2.25. The molecule has 0 aromatic carbocycles. The lowest BCUT2D eigenvalue weighted by molar-refractivity contribution is -0.130. The summed E-state index contributed by atoms with van der Waals surface area (Å²) in [4.78, 5) is 11.9. The molecular weight excluding hydrogens is 202 g/mol. The van der Waals surface area contributed by atoms with Crippen LogP contribution in [0.4, 0.5) is 0 Å². The van der Waals surface area contributed by atoms with Gasteiger partial charge in [-0.05, 0) is 25.7 Å². The Kier molecular flexibility index (Phi) is 4.64. The average Bonchev–Trinajstić information content (AvgIpc) is 2.74. The maximum atomic E-state index is 11.9. The van der Waals surface area contributed by atoms with E-state index >= 15 is 0 Å². The van der Waals surface area contributed by atoms with Gasteiger partial charge in [-0.25, -0.2) is 0 Å². The third-order valence-electron chi connectivity index (χ3n) is 3.67. The Morgan fingerprint density at radius 2 is 1.62 bits per heavy atom. The Balaban J connectivity index is 1.75. The van der Waals surface area contributed by atoms with E-state index in [1.165, 1.54) is 32.1 Å². The molecule has 1 atom stereocenters. The summed E-state index contributed by atoms with van der Waals surface area (Å²) in [7, 11) is 0. The van der Waals surface area contributed by atoms with Gasteiger partial charge in [0.15, 0.2) is 0 Å². The Labute approximate surface area is 97.9 Å². The van der Waals surface area contributed by atoms with Crippen LogP contribution in [0.5, 0.6) is 0 Å². The molecule has 2 fully saturated rings. The summed E-state index contributed by atoms with van der Waals surface area (Å²) in [6, 6.07) is 0.400. The second-order valence-electron chi connectivity index (χ2n) is 5.05. The smallest absolute Gasteiger partial charge is 0.249 e. The molecule has 1 N–H and O–H groups in total. The van der Waals surface area contributed by atoms with Gasteiger partial charge in [-0.1, -0.05) is 32.1 Å². The molecular formula is C13H23NO2. The highest BCUT2D eigenvalue weighted by molar-refractivity contribution is 5.81. The molecule has 16 heavy (non-hydrogen) atoms. The average molecular weight is 225 g/mol. The topological polar surface area (TPSA) is 38.3 Å². The molecule has 0 spiro atoms. The monoisotopic (exact) mass is 225 g/mol. The molecule has 2 aliphatic rings. The normalized spacial score (nSPS) is 28.4. The lowest BCUT2D eigenvalue weighted by Crippen LogP contribution is -2.41. The van der Waals surface area contributed by atoms with Gasteiger partial charge in [-0.15, -0.1) is 0 Å². The first-order chi connectivity index (χ1) is 7.86. The lowest BCUT2D eigenvalue weighted by atomic mass is 9.96. The number of carbonyl (C=O) groups is 1. The van der Waals surface area contributed by atoms with E-state index in [0.29, 0.717) is 6.04 Å². The van der Waals surface area contributed by atoms with Gasteiger partial charge in [0.25, 0.3) is 0 Å². The van der Waals surface area contributed by atoms with Crippen molar-refractivity contribution >= 4 is 5.91 Å². The summed E-state index contributed by atoms with van der Waals surface area (Å²) < 4.78 is 5.40. The van der Waals surface area contributed by atoms with Gasteiger partial charge in [-0.3, -0.25) is 4.79 Å². The first kappa shape index (κ1) is 11.9. The Hall–Kier alpha value is -0.570. The van der Waals surface area contributed by atoms with Gasteiger partial charge in [0.1, 0.15) is 6.10 Å². The largest absolute Gasteiger partial charge is 0.368 e. The fourth-order valence-corrected chi connectivity index (χ4v) is 2.68. The first-order valence-electron chi connectivity index (χ1n) is 6.78. The van der Waals surface area contributed by atoms with Crippen molar-refractivity contribution in [2.45, 2.75) is 69.9 Å². The summed E-state index contributed by atoms with van der Waals surface area (Å²) in [6.07, 6.45) is 10.6. The van der Waals surface area contributed by atoms with Crippen molar-refractivity contribution in [1.29, 1.82) is 0 Å². The van der Waals surface area contributed by atoms with Gasteiger partial charge < -0.3 is 10.1 Å². The quantitative estimate of drug-likeness (QED) is 0.783. The number of nitrogens with one attached hydrogen (secondary N) is 1. The van der Waals surface area contributed by atoms with Crippen LogP contribution in [0.2, 0.25) is 0 Å². The van der Waals surface area contributed by atoms with Crippen molar-refractivity contribution in [3.8, 4) is 0 Å². The number of hydrogen-bond acceptors (Lipinski definition) is 2. The zero-order chi connectivity index (χ0) is 11.2. The molecule has 1 amide bonds. The predicted octanol–water partition coefficient (Wildman–Crippen LogP) is 2.39. The van der Waals surface area contributed by atoms with Crippen LogP contribution in [-0.4, -0.2) is 24.7 Å². The molecule has 0 aromatic heterocycles. The van der Waals surface area contributed by atoms with E-state index in [2.05, 4.69) is 5.32 Å². The minimum absolute atomic E-state index is 0.128. The lowest BCUT2D eigenvalue weighted by Gasteiger charge is -2.22. The van der Waals surface area contributed by atoms with Gasteiger partial charge in [0, 0.05) is 12.6 Å². The van der Waals surface area contributed by atoms with Gasteiger partial charge in [0.2, 0.25) is 5.91 Å². The number of amides is 1. The minimum atomic E-state index is -0.162. The molecule has 92 valence electrons. The number of hydrogen-bond donors (Lipinski definition) is 1. The zero-order valence-corrected chi connectivity index (χ0v) is 10.0. The van der Waals surface area contributed by atoms with Crippen LogP contribution in [0.1, 0.15) is 57.8 Å². The number of rotatable bonds is 2. The second kappa shape index (κ2) is 6.24. The van der Waals surface area contributed by atoms with Gasteiger partial charge in [0.05, 0.1) is 0 Å². The Bertz CT molecular complexity index is 216. The third kappa shape index (κ3) is 3.48. The molecule has 2 rings (SSSR count). The summed E-state index contributed by atoms with van der Waals surface area (Å²) >= 11 is 0. The van der Waals surface area contributed by atoms with Crippen LogP contribution in [0.15, 0.2) is 0 Å². The van der Waals surface area contributed by atoms with Crippen LogP contribution in [0.3, 0.4) is 0 Å². The molecule has 0 bridgehead atoms. The second-order valence-corrected chi connectivity index (χ2v) is 5.05. The van der Waals surface area contributed by atoms with E-state index in [4.69, 9.17) is 4.74 Å². The first-order valence-corrected chi connectivity index (χ1v) is 6.78. The fourth-order valence-electron chi connectivity index (χ4n) is 2.68. The molecule has 1 saturated heterocycles. The molecule has 1 aliphatic heterocycles. The van der Waals surface area contributed by atoms with E-state index in [9.17, 15) is 4.79 Å². The predicted molar refractivity (Wildman–Crippen MR) is 63.2 cm³/mol. The Morgan fingerprint density at radius 1 is 0.938 bits per heavy atom. The van der Waals surface area contributed by atoms with Crippen molar-refractivity contribution in [3.05, 3.63) is 0 Å². The van der Waals surface area contributed by atoms with Crippen LogP contribution >= 0.6 is 0 Å². The molecule has 1 aliphatic carbocycles. The van der Waals surface area contributed by atoms with Crippen LogP contribution < -0.4 is 5.32 Å². The van der Waals surface area contributed by atoms with Gasteiger partial charge in [-0.2, -0.15) is 0 Å². The van der Waals surface area contributed by atoms with Crippen molar-refractivity contribution in [2.75, 3.05) is 6.61 Å². The molecule has 0 radical (unpaired) electrons.